The first-order valence-electron chi connectivity index (χ1n) is 6.85. The molecule has 0 aliphatic rings. The van der Waals surface area contributed by atoms with Gasteiger partial charge in [-0.3, -0.25) is 0 Å². The van der Waals surface area contributed by atoms with E-state index in [0.717, 1.165) is 35.1 Å². The molecule has 0 fully saturated rings. The molecule has 0 saturated heterocycles. The Labute approximate surface area is 120 Å². The fourth-order valence-corrected chi connectivity index (χ4v) is 2.03. The molecule has 5 nitrogen and oxygen atoms in total. The number of hydrogen-bond acceptors (Lipinski definition) is 4. The molecule has 2 aromatic heterocycles. The summed E-state index contributed by atoms with van der Waals surface area (Å²) in [5, 5.41) is 3.16. The maximum atomic E-state index is 4.76. The van der Waals surface area contributed by atoms with Gasteiger partial charge in [0.1, 0.15) is 17.5 Å². The Balaban J connectivity index is 2.48. The summed E-state index contributed by atoms with van der Waals surface area (Å²) in [5.74, 6) is 2.76. The van der Waals surface area contributed by atoms with Crippen molar-refractivity contribution in [2.24, 2.45) is 7.05 Å². The Hall–Kier alpha value is -1.91. The molecule has 20 heavy (non-hydrogen) atoms. The summed E-state index contributed by atoms with van der Waals surface area (Å²) in [6, 6.07) is 0. The Morgan fingerprint density at radius 3 is 2.45 bits per heavy atom. The normalized spacial score (nSPS) is 11.7. The second-order valence-corrected chi connectivity index (χ2v) is 6.10. The van der Waals surface area contributed by atoms with Crippen molar-refractivity contribution in [2.75, 3.05) is 12.4 Å². The van der Waals surface area contributed by atoms with Crippen LogP contribution < -0.4 is 5.32 Å². The topological polar surface area (TPSA) is 55.6 Å². The molecule has 0 aliphatic carbocycles. The van der Waals surface area contributed by atoms with E-state index in [2.05, 4.69) is 43.0 Å². The molecule has 0 aliphatic heterocycles. The van der Waals surface area contributed by atoms with Crippen molar-refractivity contribution >= 4 is 5.82 Å². The van der Waals surface area contributed by atoms with Crippen molar-refractivity contribution < 1.29 is 0 Å². The van der Waals surface area contributed by atoms with Crippen LogP contribution in [-0.2, 0) is 18.9 Å². The van der Waals surface area contributed by atoms with Crippen LogP contribution in [0.5, 0.6) is 0 Å². The lowest BCUT2D eigenvalue weighted by molar-refractivity contribution is 0.541. The molecule has 0 atom stereocenters. The van der Waals surface area contributed by atoms with Crippen LogP contribution in [0.3, 0.4) is 0 Å². The first kappa shape index (κ1) is 14.5. The van der Waals surface area contributed by atoms with Gasteiger partial charge in [0, 0.05) is 43.9 Å². The number of anilines is 1. The van der Waals surface area contributed by atoms with Gasteiger partial charge in [-0.15, -0.1) is 0 Å². The van der Waals surface area contributed by atoms with Gasteiger partial charge in [-0.1, -0.05) is 20.8 Å². The molecule has 0 bridgehead atoms. The van der Waals surface area contributed by atoms with E-state index in [1.165, 1.54) is 0 Å². The fraction of sp³-hybridized carbons (Fsp3) is 0.533. The molecule has 2 heterocycles. The van der Waals surface area contributed by atoms with Crippen LogP contribution in [-0.4, -0.2) is 26.6 Å². The maximum Gasteiger partial charge on any atom is 0.136 e. The summed E-state index contributed by atoms with van der Waals surface area (Å²) in [6.45, 7) is 8.43. The molecule has 0 radical (unpaired) electrons. The van der Waals surface area contributed by atoms with Crippen LogP contribution in [0.25, 0.3) is 0 Å². The summed E-state index contributed by atoms with van der Waals surface area (Å²) in [5.41, 5.74) is 2.04. The third kappa shape index (κ3) is 2.81. The second kappa shape index (κ2) is 5.23. The summed E-state index contributed by atoms with van der Waals surface area (Å²) in [4.78, 5) is 13.8. The quantitative estimate of drug-likeness (QED) is 0.933. The van der Waals surface area contributed by atoms with Gasteiger partial charge < -0.3 is 9.88 Å². The molecule has 2 rings (SSSR count). The number of aromatic nitrogens is 4. The third-order valence-electron chi connectivity index (χ3n) is 3.40. The molecule has 0 spiro atoms. The second-order valence-electron chi connectivity index (χ2n) is 6.10. The standard InChI is InChI=1S/C15H23N5/c1-10-11(9-12-17-7-8-20(12)6)18-14(15(2,3)4)19-13(10)16-5/h7-8H,9H2,1-6H3,(H,16,18,19). The Bertz CT molecular complexity index is 607. The Morgan fingerprint density at radius 1 is 1.25 bits per heavy atom. The van der Waals surface area contributed by atoms with Crippen LogP contribution in [0.2, 0.25) is 0 Å². The van der Waals surface area contributed by atoms with E-state index in [0.29, 0.717) is 0 Å². The van der Waals surface area contributed by atoms with Gasteiger partial charge in [0.2, 0.25) is 0 Å². The highest BCUT2D eigenvalue weighted by atomic mass is 15.1. The molecule has 0 unspecified atom stereocenters. The molecule has 5 heteroatoms. The Kier molecular flexibility index (Phi) is 3.79. The molecule has 108 valence electrons. The van der Waals surface area contributed by atoms with Gasteiger partial charge in [0.15, 0.2) is 0 Å². The highest BCUT2D eigenvalue weighted by Crippen LogP contribution is 2.24. The predicted molar refractivity (Wildman–Crippen MR) is 81.0 cm³/mol. The molecule has 2 aromatic rings. The van der Waals surface area contributed by atoms with Gasteiger partial charge in [-0.2, -0.15) is 0 Å². The molecular weight excluding hydrogens is 250 g/mol. The van der Waals surface area contributed by atoms with Crippen LogP contribution in [0, 0.1) is 6.92 Å². The lowest BCUT2D eigenvalue weighted by atomic mass is 9.95. The summed E-state index contributed by atoms with van der Waals surface area (Å²) >= 11 is 0. The SMILES string of the molecule is CNc1nc(C(C)(C)C)nc(Cc2nccn2C)c1C. The largest absolute Gasteiger partial charge is 0.373 e. The predicted octanol–water partition coefficient (Wildman–Crippen LogP) is 2.45. The van der Waals surface area contributed by atoms with Crippen LogP contribution >= 0.6 is 0 Å². The molecular formula is C15H23N5. The van der Waals surface area contributed by atoms with E-state index >= 15 is 0 Å². The Morgan fingerprint density at radius 2 is 1.95 bits per heavy atom. The maximum absolute atomic E-state index is 4.76. The highest BCUT2D eigenvalue weighted by molar-refractivity contribution is 5.46. The number of nitrogens with one attached hydrogen (secondary N) is 1. The number of imidazole rings is 1. The zero-order valence-electron chi connectivity index (χ0n) is 13.2. The average molecular weight is 273 g/mol. The van der Waals surface area contributed by atoms with Gasteiger partial charge in [-0.05, 0) is 6.92 Å². The van der Waals surface area contributed by atoms with E-state index in [1.54, 1.807) is 0 Å². The number of nitrogens with zero attached hydrogens (tertiary/aromatic N) is 4. The molecule has 1 N–H and O–H groups in total. The van der Waals surface area contributed by atoms with Crippen molar-refractivity contribution in [3.8, 4) is 0 Å². The van der Waals surface area contributed by atoms with Crippen molar-refractivity contribution in [2.45, 2.75) is 39.5 Å². The van der Waals surface area contributed by atoms with Gasteiger partial charge in [0.05, 0.1) is 5.69 Å². The zero-order valence-corrected chi connectivity index (χ0v) is 13.2. The van der Waals surface area contributed by atoms with Gasteiger partial charge in [-0.25, -0.2) is 15.0 Å². The molecule has 0 saturated carbocycles. The zero-order chi connectivity index (χ0) is 14.9. The lowest BCUT2D eigenvalue weighted by Crippen LogP contribution is -2.19. The first-order valence-corrected chi connectivity index (χ1v) is 6.85. The number of rotatable bonds is 3. The van der Waals surface area contributed by atoms with E-state index in [4.69, 9.17) is 4.98 Å². The molecule has 0 amide bonds. The van der Waals surface area contributed by atoms with Crippen LogP contribution in [0.4, 0.5) is 5.82 Å². The smallest absolute Gasteiger partial charge is 0.136 e. The summed E-state index contributed by atoms with van der Waals surface area (Å²) in [7, 11) is 3.90. The molecule has 0 aromatic carbocycles. The van der Waals surface area contributed by atoms with Crippen molar-refractivity contribution in [1.82, 2.24) is 19.5 Å². The average Bonchev–Trinajstić information content (AvgIpc) is 2.76. The minimum atomic E-state index is -0.0737. The van der Waals surface area contributed by atoms with Crippen molar-refractivity contribution in [3.05, 3.63) is 35.3 Å². The first-order chi connectivity index (χ1) is 9.32. The minimum absolute atomic E-state index is 0.0737. The minimum Gasteiger partial charge on any atom is -0.373 e. The lowest BCUT2D eigenvalue weighted by Gasteiger charge is -2.20. The monoisotopic (exact) mass is 273 g/mol. The van der Waals surface area contributed by atoms with Crippen molar-refractivity contribution in [1.29, 1.82) is 0 Å². The van der Waals surface area contributed by atoms with Gasteiger partial charge in [0.25, 0.3) is 0 Å². The number of hydrogen-bond donors (Lipinski definition) is 1. The van der Waals surface area contributed by atoms with E-state index in [1.807, 2.05) is 31.1 Å². The van der Waals surface area contributed by atoms with Gasteiger partial charge >= 0.3 is 0 Å². The van der Waals surface area contributed by atoms with E-state index < -0.39 is 0 Å². The van der Waals surface area contributed by atoms with E-state index in [-0.39, 0.29) is 5.41 Å². The number of aryl methyl sites for hydroxylation is 1. The highest BCUT2D eigenvalue weighted by Gasteiger charge is 2.21. The van der Waals surface area contributed by atoms with Crippen molar-refractivity contribution in [3.63, 3.8) is 0 Å². The third-order valence-corrected chi connectivity index (χ3v) is 3.40. The summed E-state index contributed by atoms with van der Waals surface area (Å²) < 4.78 is 2.03. The van der Waals surface area contributed by atoms with Crippen LogP contribution in [0.1, 0.15) is 43.7 Å². The van der Waals surface area contributed by atoms with E-state index in [9.17, 15) is 0 Å². The van der Waals surface area contributed by atoms with Crippen LogP contribution in [0.15, 0.2) is 12.4 Å². The summed E-state index contributed by atoms with van der Waals surface area (Å²) in [6.07, 6.45) is 4.49. The fourth-order valence-electron chi connectivity index (χ4n) is 2.03.